The van der Waals surface area contributed by atoms with Crippen LogP contribution < -0.4 is 4.72 Å². The van der Waals surface area contributed by atoms with E-state index in [2.05, 4.69) is 24.9 Å². The molecule has 0 aliphatic heterocycles. The number of thioether (sulfide) groups is 1. The van der Waals surface area contributed by atoms with Crippen LogP contribution >= 0.6 is 23.1 Å². The van der Waals surface area contributed by atoms with Gasteiger partial charge in [0.15, 0.2) is 4.34 Å². The molecule has 0 atom stereocenters. The number of anilines is 1. The number of sulfonamides is 1. The van der Waals surface area contributed by atoms with Crippen molar-refractivity contribution in [1.82, 2.24) is 20.2 Å². The van der Waals surface area contributed by atoms with Crippen molar-refractivity contribution in [2.45, 2.75) is 43.7 Å². The summed E-state index contributed by atoms with van der Waals surface area (Å²) >= 11 is 3.01. The first-order valence-electron chi connectivity index (χ1n) is 9.28. The predicted molar refractivity (Wildman–Crippen MR) is 119 cm³/mol. The molecule has 0 aliphatic rings. The fraction of sp³-hybridized carbons (Fsp3) is 0.368. The Balaban J connectivity index is 2.11. The maximum absolute atomic E-state index is 13.5. The SMILES string of the molecule is CCS(=O)(=O)Nc1nc(-c2ccc(F)cc2)c(CSc2nnc(C)s2)c(C(C)C)n1. The van der Waals surface area contributed by atoms with Crippen LogP contribution in [0.1, 0.15) is 43.0 Å². The molecule has 0 saturated carbocycles. The van der Waals surface area contributed by atoms with Crippen molar-refractivity contribution in [3.05, 3.63) is 46.3 Å². The zero-order valence-electron chi connectivity index (χ0n) is 17.0. The zero-order valence-corrected chi connectivity index (χ0v) is 19.5. The number of hydrogen-bond acceptors (Lipinski definition) is 8. The number of aryl methyl sites for hydroxylation is 1. The molecule has 3 rings (SSSR count). The van der Waals surface area contributed by atoms with Crippen molar-refractivity contribution in [3.8, 4) is 11.3 Å². The van der Waals surface area contributed by atoms with E-state index >= 15 is 0 Å². The van der Waals surface area contributed by atoms with E-state index in [0.717, 1.165) is 20.6 Å². The summed E-state index contributed by atoms with van der Waals surface area (Å²) in [7, 11) is -3.54. The van der Waals surface area contributed by atoms with Crippen LogP contribution in [-0.4, -0.2) is 34.3 Å². The Morgan fingerprint density at radius 1 is 1.17 bits per heavy atom. The highest BCUT2D eigenvalue weighted by Crippen LogP contribution is 2.35. The van der Waals surface area contributed by atoms with Gasteiger partial charge in [0.2, 0.25) is 16.0 Å². The molecule has 7 nitrogen and oxygen atoms in total. The normalized spacial score (nSPS) is 11.8. The summed E-state index contributed by atoms with van der Waals surface area (Å²) in [6, 6.07) is 5.97. The molecule has 0 aliphatic carbocycles. The van der Waals surface area contributed by atoms with Crippen LogP contribution in [0.4, 0.5) is 10.3 Å². The van der Waals surface area contributed by atoms with Gasteiger partial charge in [-0.05, 0) is 44.0 Å². The highest BCUT2D eigenvalue weighted by atomic mass is 32.2. The minimum Gasteiger partial charge on any atom is -0.251 e. The van der Waals surface area contributed by atoms with Gasteiger partial charge in [0.1, 0.15) is 10.8 Å². The molecule has 3 aromatic rings. The smallest absolute Gasteiger partial charge is 0.237 e. The van der Waals surface area contributed by atoms with Gasteiger partial charge in [0.25, 0.3) is 0 Å². The molecular formula is C19H22FN5O2S3. The summed E-state index contributed by atoms with van der Waals surface area (Å²) in [5, 5.41) is 9.06. The van der Waals surface area contributed by atoms with Crippen LogP contribution in [0, 0.1) is 12.7 Å². The van der Waals surface area contributed by atoms with Crippen molar-refractivity contribution in [2.24, 2.45) is 0 Å². The summed E-state index contributed by atoms with van der Waals surface area (Å²) in [5.74, 6) is 0.108. The van der Waals surface area contributed by atoms with Gasteiger partial charge >= 0.3 is 0 Å². The molecule has 0 bridgehead atoms. The van der Waals surface area contributed by atoms with Gasteiger partial charge in [0, 0.05) is 16.9 Å². The lowest BCUT2D eigenvalue weighted by Gasteiger charge is -2.18. The molecule has 160 valence electrons. The van der Waals surface area contributed by atoms with Crippen LogP contribution in [0.2, 0.25) is 0 Å². The Kier molecular flexibility index (Phi) is 7.04. The molecule has 2 heterocycles. The van der Waals surface area contributed by atoms with E-state index in [1.165, 1.54) is 35.2 Å². The largest absolute Gasteiger partial charge is 0.251 e. The lowest BCUT2D eigenvalue weighted by Crippen LogP contribution is -2.18. The van der Waals surface area contributed by atoms with Crippen LogP contribution in [0.5, 0.6) is 0 Å². The second-order valence-corrected chi connectivity index (χ2v) is 11.2. The Hall–Kier alpha value is -2.11. The molecule has 0 spiro atoms. The third kappa shape index (κ3) is 5.52. The molecule has 0 saturated heterocycles. The van der Waals surface area contributed by atoms with Crippen LogP contribution in [0.25, 0.3) is 11.3 Å². The van der Waals surface area contributed by atoms with E-state index in [9.17, 15) is 12.8 Å². The monoisotopic (exact) mass is 467 g/mol. The second kappa shape index (κ2) is 9.36. The van der Waals surface area contributed by atoms with E-state index in [1.54, 1.807) is 19.1 Å². The Morgan fingerprint density at radius 3 is 2.43 bits per heavy atom. The number of nitrogens with zero attached hydrogens (tertiary/aromatic N) is 4. The number of nitrogens with one attached hydrogen (secondary N) is 1. The first-order valence-corrected chi connectivity index (χ1v) is 12.7. The summed E-state index contributed by atoms with van der Waals surface area (Å²) in [6.07, 6.45) is 0. The molecular weight excluding hydrogens is 445 g/mol. The van der Waals surface area contributed by atoms with Crippen molar-refractivity contribution in [3.63, 3.8) is 0 Å². The predicted octanol–water partition coefficient (Wildman–Crippen LogP) is 4.62. The lowest BCUT2D eigenvalue weighted by atomic mass is 9.99. The fourth-order valence-electron chi connectivity index (χ4n) is 2.70. The molecule has 2 aromatic heterocycles. The maximum atomic E-state index is 13.5. The van der Waals surface area contributed by atoms with E-state index < -0.39 is 10.0 Å². The molecule has 0 unspecified atom stereocenters. The summed E-state index contributed by atoms with van der Waals surface area (Å²) in [4.78, 5) is 9.00. The van der Waals surface area contributed by atoms with Crippen molar-refractivity contribution >= 4 is 39.1 Å². The minimum atomic E-state index is -3.54. The summed E-state index contributed by atoms with van der Waals surface area (Å²) in [5.41, 5.74) is 2.83. The van der Waals surface area contributed by atoms with Crippen molar-refractivity contribution < 1.29 is 12.8 Å². The minimum absolute atomic E-state index is 0.0142. The van der Waals surface area contributed by atoms with Crippen LogP contribution in [0.3, 0.4) is 0 Å². The van der Waals surface area contributed by atoms with Gasteiger partial charge in [-0.3, -0.25) is 4.72 Å². The number of rotatable bonds is 8. The van der Waals surface area contributed by atoms with Gasteiger partial charge in [-0.15, -0.1) is 10.2 Å². The van der Waals surface area contributed by atoms with E-state index in [1.807, 2.05) is 20.8 Å². The molecule has 11 heteroatoms. The number of hydrogen-bond donors (Lipinski definition) is 1. The third-order valence-electron chi connectivity index (χ3n) is 4.18. The molecule has 0 fully saturated rings. The fourth-order valence-corrected chi connectivity index (χ4v) is 5.05. The van der Waals surface area contributed by atoms with E-state index in [0.29, 0.717) is 17.0 Å². The number of halogens is 1. The van der Waals surface area contributed by atoms with Crippen molar-refractivity contribution in [1.29, 1.82) is 0 Å². The van der Waals surface area contributed by atoms with E-state index in [4.69, 9.17) is 0 Å². The Bertz CT molecular complexity index is 1130. The van der Waals surface area contributed by atoms with E-state index in [-0.39, 0.29) is 23.4 Å². The first kappa shape index (κ1) is 22.6. The first-order chi connectivity index (χ1) is 14.2. The second-order valence-electron chi connectivity index (χ2n) is 6.80. The lowest BCUT2D eigenvalue weighted by molar-refractivity contribution is 0.602. The summed E-state index contributed by atoms with van der Waals surface area (Å²) < 4.78 is 40.9. The number of benzene rings is 1. The highest BCUT2D eigenvalue weighted by molar-refractivity contribution is 8.00. The Labute approximate surface area is 183 Å². The molecule has 30 heavy (non-hydrogen) atoms. The average Bonchev–Trinajstić information content (AvgIpc) is 3.12. The third-order valence-corrected chi connectivity index (χ3v) is 7.43. The number of aromatic nitrogens is 4. The highest BCUT2D eigenvalue weighted by Gasteiger charge is 2.21. The Morgan fingerprint density at radius 2 is 1.87 bits per heavy atom. The topological polar surface area (TPSA) is 97.7 Å². The van der Waals surface area contributed by atoms with Crippen molar-refractivity contribution in [2.75, 3.05) is 10.5 Å². The molecule has 0 amide bonds. The van der Waals surface area contributed by atoms with Crippen LogP contribution in [0.15, 0.2) is 28.6 Å². The zero-order chi connectivity index (χ0) is 21.9. The van der Waals surface area contributed by atoms with Gasteiger partial charge in [-0.1, -0.05) is 36.9 Å². The van der Waals surface area contributed by atoms with Gasteiger partial charge in [-0.25, -0.2) is 22.8 Å². The van der Waals surface area contributed by atoms with Gasteiger partial charge in [-0.2, -0.15) is 0 Å². The molecule has 1 N–H and O–H groups in total. The average molecular weight is 468 g/mol. The molecule has 1 aromatic carbocycles. The van der Waals surface area contributed by atoms with Gasteiger partial charge in [0.05, 0.1) is 17.1 Å². The van der Waals surface area contributed by atoms with Crippen LogP contribution in [-0.2, 0) is 15.8 Å². The summed E-state index contributed by atoms with van der Waals surface area (Å²) in [6.45, 7) is 7.40. The maximum Gasteiger partial charge on any atom is 0.237 e. The quantitative estimate of drug-likeness (QED) is 0.483. The van der Waals surface area contributed by atoms with Gasteiger partial charge < -0.3 is 0 Å². The standard InChI is InChI=1S/C19H22FN5O2S3/c1-5-30(26,27)25-18-21-16(11(2)3)15(10-28-19-24-23-12(4)29-19)17(22-18)13-6-8-14(20)9-7-13/h6-9,11H,5,10H2,1-4H3,(H,21,22,25). The molecule has 0 radical (unpaired) electrons.